The molecule has 5 heteroatoms. The minimum absolute atomic E-state index is 0.129. The highest BCUT2D eigenvalue weighted by molar-refractivity contribution is 5.31. The van der Waals surface area contributed by atoms with E-state index in [2.05, 4.69) is 41.0 Å². The summed E-state index contributed by atoms with van der Waals surface area (Å²) in [6.45, 7) is 10.7. The van der Waals surface area contributed by atoms with Crippen LogP contribution in [0.3, 0.4) is 0 Å². The van der Waals surface area contributed by atoms with Crippen LogP contribution < -0.4 is 10.2 Å². The topological polar surface area (TPSA) is 53.2 Å². The van der Waals surface area contributed by atoms with Gasteiger partial charge in [-0.05, 0) is 20.8 Å². The van der Waals surface area contributed by atoms with Crippen molar-refractivity contribution in [3.8, 4) is 0 Å². The summed E-state index contributed by atoms with van der Waals surface area (Å²) in [6, 6.07) is 0. The molecule has 2 heterocycles. The molecule has 1 aromatic heterocycles. The highest BCUT2D eigenvalue weighted by Gasteiger charge is 2.15. The van der Waals surface area contributed by atoms with Gasteiger partial charge in [-0.3, -0.25) is 0 Å². The lowest BCUT2D eigenvalue weighted by molar-refractivity contribution is 0.122. The van der Waals surface area contributed by atoms with Gasteiger partial charge in [0, 0.05) is 25.2 Å². The van der Waals surface area contributed by atoms with Crippen molar-refractivity contribution in [2.75, 3.05) is 31.2 Å². The van der Waals surface area contributed by atoms with Crippen molar-refractivity contribution in [1.29, 1.82) is 0 Å². The monoisotopic (exact) mass is 238 g/mol. The molecule has 2 rings (SSSR count). The number of nitrogens with one attached hydrogen (secondary N) is 2. The first kappa shape index (κ1) is 12.4. The lowest BCUT2D eigenvalue weighted by Gasteiger charge is -2.26. The van der Waals surface area contributed by atoms with Gasteiger partial charge in [-0.25, -0.2) is 4.98 Å². The van der Waals surface area contributed by atoms with E-state index in [1.807, 2.05) is 6.20 Å². The van der Waals surface area contributed by atoms with E-state index in [0.29, 0.717) is 0 Å². The van der Waals surface area contributed by atoms with Crippen LogP contribution in [0.15, 0.2) is 6.20 Å². The second-order valence-corrected chi connectivity index (χ2v) is 5.44. The van der Waals surface area contributed by atoms with Crippen LogP contribution >= 0.6 is 0 Å². The molecule has 0 amide bonds. The smallest absolute Gasteiger partial charge is 0.203 e. The van der Waals surface area contributed by atoms with E-state index in [1.54, 1.807) is 0 Å². The van der Waals surface area contributed by atoms with Gasteiger partial charge < -0.3 is 19.9 Å². The lowest BCUT2D eigenvalue weighted by Crippen LogP contribution is -2.37. The van der Waals surface area contributed by atoms with Crippen LogP contribution in [-0.4, -0.2) is 41.8 Å². The number of anilines is 1. The van der Waals surface area contributed by atoms with Crippen LogP contribution in [0.2, 0.25) is 0 Å². The predicted molar refractivity (Wildman–Crippen MR) is 68.2 cm³/mol. The third kappa shape index (κ3) is 3.71. The molecule has 17 heavy (non-hydrogen) atoms. The maximum atomic E-state index is 5.32. The first-order valence-electron chi connectivity index (χ1n) is 6.16. The number of aromatic nitrogens is 2. The van der Waals surface area contributed by atoms with Crippen molar-refractivity contribution < 1.29 is 4.74 Å². The number of rotatable bonds is 3. The molecule has 0 atom stereocenters. The Morgan fingerprint density at radius 3 is 2.76 bits per heavy atom. The third-order valence-electron chi connectivity index (χ3n) is 2.73. The van der Waals surface area contributed by atoms with Crippen molar-refractivity contribution in [3.63, 3.8) is 0 Å². The molecular weight excluding hydrogens is 216 g/mol. The highest BCUT2D eigenvalue weighted by Crippen LogP contribution is 2.11. The molecule has 1 aliphatic rings. The van der Waals surface area contributed by atoms with Crippen molar-refractivity contribution in [2.24, 2.45) is 0 Å². The van der Waals surface area contributed by atoms with Crippen LogP contribution in [-0.2, 0) is 11.3 Å². The molecule has 0 aliphatic carbocycles. The van der Waals surface area contributed by atoms with E-state index in [4.69, 9.17) is 4.74 Å². The number of ether oxygens (including phenoxy) is 1. The second-order valence-electron chi connectivity index (χ2n) is 5.44. The fraction of sp³-hybridized carbons (Fsp3) is 0.750. The zero-order valence-corrected chi connectivity index (χ0v) is 10.9. The van der Waals surface area contributed by atoms with Crippen molar-refractivity contribution in [1.82, 2.24) is 15.3 Å². The van der Waals surface area contributed by atoms with E-state index in [1.165, 1.54) is 0 Å². The Hall–Kier alpha value is -1.07. The number of aromatic amines is 1. The van der Waals surface area contributed by atoms with Crippen molar-refractivity contribution >= 4 is 5.95 Å². The van der Waals surface area contributed by atoms with Crippen LogP contribution in [0.5, 0.6) is 0 Å². The number of nitrogens with zero attached hydrogens (tertiary/aromatic N) is 2. The Labute approximate surface area is 103 Å². The average Bonchev–Trinajstić information content (AvgIpc) is 2.75. The standard InChI is InChI=1S/C12H22N4O/c1-12(2,3)14-9-10-8-13-11(15-10)16-4-6-17-7-5-16/h8,14H,4-7,9H2,1-3H3,(H,13,15). The van der Waals surface area contributed by atoms with Gasteiger partial charge in [-0.15, -0.1) is 0 Å². The number of hydrogen-bond acceptors (Lipinski definition) is 4. The molecule has 1 aliphatic heterocycles. The van der Waals surface area contributed by atoms with E-state index in [-0.39, 0.29) is 5.54 Å². The van der Waals surface area contributed by atoms with Crippen molar-refractivity contribution in [2.45, 2.75) is 32.9 Å². The molecule has 96 valence electrons. The molecule has 0 bridgehead atoms. The number of morpholine rings is 1. The largest absolute Gasteiger partial charge is 0.378 e. The quantitative estimate of drug-likeness (QED) is 0.829. The summed E-state index contributed by atoms with van der Waals surface area (Å²) in [4.78, 5) is 9.99. The summed E-state index contributed by atoms with van der Waals surface area (Å²) in [5.41, 5.74) is 1.26. The minimum atomic E-state index is 0.129. The zero-order chi connectivity index (χ0) is 12.3. The molecule has 0 saturated carbocycles. The zero-order valence-electron chi connectivity index (χ0n) is 10.9. The lowest BCUT2D eigenvalue weighted by atomic mass is 10.1. The Bertz CT molecular complexity index is 350. The Morgan fingerprint density at radius 2 is 2.12 bits per heavy atom. The Balaban J connectivity index is 1.91. The number of hydrogen-bond donors (Lipinski definition) is 2. The summed E-state index contributed by atoms with van der Waals surface area (Å²) in [5, 5.41) is 3.44. The molecule has 0 unspecified atom stereocenters. The molecule has 1 saturated heterocycles. The number of H-pyrrole nitrogens is 1. The number of imidazole rings is 1. The maximum Gasteiger partial charge on any atom is 0.203 e. The van der Waals surface area contributed by atoms with Crippen molar-refractivity contribution in [3.05, 3.63) is 11.9 Å². The van der Waals surface area contributed by atoms with Gasteiger partial charge in [-0.2, -0.15) is 0 Å². The van der Waals surface area contributed by atoms with Gasteiger partial charge in [0.05, 0.1) is 25.1 Å². The average molecular weight is 238 g/mol. The molecule has 1 fully saturated rings. The van der Waals surface area contributed by atoms with Gasteiger partial charge in [0.15, 0.2) is 0 Å². The minimum Gasteiger partial charge on any atom is -0.378 e. The fourth-order valence-corrected chi connectivity index (χ4v) is 1.73. The van der Waals surface area contributed by atoms with Crippen LogP contribution in [0, 0.1) is 0 Å². The molecular formula is C12H22N4O. The second kappa shape index (κ2) is 5.06. The van der Waals surface area contributed by atoms with Crippen LogP contribution in [0.1, 0.15) is 26.5 Å². The van der Waals surface area contributed by atoms with E-state index in [9.17, 15) is 0 Å². The highest BCUT2D eigenvalue weighted by atomic mass is 16.5. The molecule has 0 aromatic carbocycles. The summed E-state index contributed by atoms with van der Waals surface area (Å²) in [5.74, 6) is 0.957. The first-order chi connectivity index (χ1) is 8.04. The fourth-order valence-electron chi connectivity index (χ4n) is 1.73. The maximum absolute atomic E-state index is 5.32. The SMILES string of the molecule is CC(C)(C)NCc1cnc(N2CCOCC2)[nH]1. The Morgan fingerprint density at radius 1 is 1.41 bits per heavy atom. The molecule has 0 radical (unpaired) electrons. The van der Waals surface area contributed by atoms with Gasteiger partial charge >= 0.3 is 0 Å². The molecule has 0 spiro atoms. The van der Waals surface area contributed by atoms with Gasteiger partial charge in [-0.1, -0.05) is 0 Å². The third-order valence-corrected chi connectivity index (χ3v) is 2.73. The van der Waals surface area contributed by atoms with E-state index in [0.717, 1.165) is 44.5 Å². The van der Waals surface area contributed by atoms with E-state index < -0.39 is 0 Å². The first-order valence-corrected chi connectivity index (χ1v) is 6.16. The van der Waals surface area contributed by atoms with Gasteiger partial charge in [0.1, 0.15) is 0 Å². The summed E-state index contributed by atoms with van der Waals surface area (Å²) >= 11 is 0. The van der Waals surface area contributed by atoms with Crippen LogP contribution in [0.4, 0.5) is 5.95 Å². The summed E-state index contributed by atoms with van der Waals surface area (Å²) in [6.07, 6.45) is 1.91. The van der Waals surface area contributed by atoms with Crippen LogP contribution in [0.25, 0.3) is 0 Å². The normalized spacial score (nSPS) is 17.5. The molecule has 1 aromatic rings. The Kier molecular flexibility index (Phi) is 3.69. The van der Waals surface area contributed by atoms with E-state index >= 15 is 0 Å². The van der Waals surface area contributed by atoms with Gasteiger partial charge in [0.2, 0.25) is 5.95 Å². The predicted octanol–water partition coefficient (Wildman–Crippen LogP) is 1.13. The summed E-state index contributed by atoms with van der Waals surface area (Å²) < 4.78 is 5.32. The molecule has 5 nitrogen and oxygen atoms in total. The summed E-state index contributed by atoms with van der Waals surface area (Å²) in [7, 11) is 0. The molecule has 2 N–H and O–H groups in total. The van der Waals surface area contributed by atoms with Gasteiger partial charge in [0.25, 0.3) is 0 Å².